The number of anilines is 1. The van der Waals surface area contributed by atoms with Crippen LogP contribution in [0.5, 0.6) is 0 Å². The summed E-state index contributed by atoms with van der Waals surface area (Å²) in [4.78, 5) is 15.1. The summed E-state index contributed by atoms with van der Waals surface area (Å²) in [5.74, 6) is 0.390. The fourth-order valence-electron chi connectivity index (χ4n) is 4.56. The number of para-hydroxylation sites is 1. The lowest BCUT2D eigenvalue weighted by Crippen LogP contribution is -2.51. The van der Waals surface area contributed by atoms with E-state index in [-0.39, 0.29) is 11.1 Å². The predicted molar refractivity (Wildman–Crippen MR) is 79.2 cm³/mol. The second kappa shape index (κ2) is 4.00. The highest BCUT2D eigenvalue weighted by molar-refractivity contribution is 5.87. The molecule has 3 nitrogen and oxygen atoms in total. The number of benzene rings is 1. The molecule has 106 valence electrons. The van der Waals surface area contributed by atoms with Crippen molar-refractivity contribution in [3.05, 3.63) is 29.8 Å². The zero-order valence-corrected chi connectivity index (χ0v) is 12.1. The maximum Gasteiger partial charge on any atom is 0.231 e. The minimum absolute atomic E-state index is 0.0813. The van der Waals surface area contributed by atoms with Gasteiger partial charge >= 0.3 is 0 Å². The maximum atomic E-state index is 13.0. The van der Waals surface area contributed by atoms with Gasteiger partial charge < -0.3 is 10.2 Å². The molecule has 0 radical (unpaired) electrons. The molecular weight excluding hydrogens is 248 g/mol. The average Bonchev–Trinajstić information content (AvgIpc) is 2.65. The first-order valence-electron chi connectivity index (χ1n) is 7.81. The van der Waals surface area contributed by atoms with Crippen molar-refractivity contribution < 1.29 is 4.79 Å². The Balaban J connectivity index is 1.72. The molecule has 1 N–H and O–H groups in total. The maximum absolute atomic E-state index is 13.0. The molecule has 3 aliphatic rings. The first-order valence-corrected chi connectivity index (χ1v) is 7.81. The van der Waals surface area contributed by atoms with Crippen LogP contribution in [0.3, 0.4) is 0 Å². The van der Waals surface area contributed by atoms with Crippen molar-refractivity contribution in [2.75, 3.05) is 5.32 Å². The molecule has 20 heavy (non-hydrogen) atoms. The molecule has 4 rings (SSSR count). The van der Waals surface area contributed by atoms with E-state index in [1.807, 2.05) is 0 Å². The molecule has 1 saturated heterocycles. The van der Waals surface area contributed by atoms with Crippen LogP contribution in [0.25, 0.3) is 0 Å². The van der Waals surface area contributed by atoms with Gasteiger partial charge in [-0.3, -0.25) is 4.79 Å². The average molecular weight is 270 g/mol. The van der Waals surface area contributed by atoms with Gasteiger partial charge in [-0.25, -0.2) is 0 Å². The summed E-state index contributed by atoms with van der Waals surface area (Å²) >= 11 is 0. The Bertz CT molecular complexity index is 562. The summed E-state index contributed by atoms with van der Waals surface area (Å²) in [6, 6.07) is 8.38. The normalized spacial score (nSPS) is 30.9. The van der Waals surface area contributed by atoms with Crippen molar-refractivity contribution in [1.82, 2.24) is 4.90 Å². The van der Waals surface area contributed by atoms with Crippen LogP contribution in [0, 0.1) is 5.41 Å². The summed E-state index contributed by atoms with van der Waals surface area (Å²) in [5.41, 5.74) is 2.17. The van der Waals surface area contributed by atoms with Crippen LogP contribution >= 0.6 is 0 Å². The molecule has 0 aromatic heterocycles. The molecule has 1 unspecified atom stereocenters. The highest BCUT2D eigenvalue weighted by Crippen LogP contribution is 2.53. The molecule has 1 spiro atoms. The van der Waals surface area contributed by atoms with Crippen LogP contribution in [-0.2, 0) is 11.3 Å². The van der Waals surface area contributed by atoms with E-state index >= 15 is 0 Å². The topological polar surface area (TPSA) is 32.3 Å². The molecule has 1 aliphatic carbocycles. The van der Waals surface area contributed by atoms with E-state index in [1.165, 1.54) is 30.5 Å². The molecule has 1 saturated carbocycles. The zero-order chi connectivity index (χ0) is 13.8. The van der Waals surface area contributed by atoms with Gasteiger partial charge in [0.1, 0.15) is 5.66 Å². The van der Waals surface area contributed by atoms with Gasteiger partial charge in [0.15, 0.2) is 0 Å². The molecule has 1 aromatic rings. The van der Waals surface area contributed by atoms with E-state index in [0.29, 0.717) is 5.91 Å². The second-order valence-electron chi connectivity index (χ2n) is 6.97. The van der Waals surface area contributed by atoms with E-state index in [9.17, 15) is 4.79 Å². The van der Waals surface area contributed by atoms with Crippen LogP contribution < -0.4 is 5.32 Å². The van der Waals surface area contributed by atoms with Crippen LogP contribution in [0.4, 0.5) is 5.69 Å². The van der Waals surface area contributed by atoms with Gasteiger partial charge in [0.2, 0.25) is 5.91 Å². The number of nitrogens with one attached hydrogen (secondary N) is 1. The zero-order valence-electron chi connectivity index (χ0n) is 12.1. The first-order chi connectivity index (χ1) is 9.63. The van der Waals surface area contributed by atoms with Crippen LogP contribution in [0.15, 0.2) is 24.3 Å². The Morgan fingerprint density at radius 2 is 1.90 bits per heavy atom. The third-order valence-electron chi connectivity index (χ3n) is 5.54. The van der Waals surface area contributed by atoms with Crippen molar-refractivity contribution in [1.29, 1.82) is 0 Å². The summed E-state index contributed by atoms with van der Waals surface area (Å²) in [6.45, 7) is 2.96. The number of nitrogens with zero attached hydrogens (tertiary/aromatic N) is 1. The lowest BCUT2D eigenvalue weighted by atomic mass is 9.71. The molecular formula is C17H22N2O. The summed E-state index contributed by atoms with van der Waals surface area (Å²) in [7, 11) is 0. The Morgan fingerprint density at radius 3 is 2.70 bits per heavy atom. The molecule has 2 fully saturated rings. The number of carbonyl (C=O) groups excluding carboxylic acids is 1. The lowest BCUT2D eigenvalue weighted by Gasteiger charge is -2.41. The molecule has 2 heterocycles. The molecule has 3 heteroatoms. The van der Waals surface area contributed by atoms with Gasteiger partial charge in [-0.2, -0.15) is 0 Å². The summed E-state index contributed by atoms with van der Waals surface area (Å²) in [6.07, 6.45) is 6.84. The molecule has 1 amide bonds. The molecule has 2 aliphatic heterocycles. The van der Waals surface area contributed by atoms with Gasteiger partial charge in [-0.1, -0.05) is 37.5 Å². The van der Waals surface area contributed by atoms with Crippen LogP contribution in [0.2, 0.25) is 0 Å². The van der Waals surface area contributed by atoms with E-state index in [2.05, 4.69) is 41.4 Å². The minimum atomic E-state index is -0.192. The van der Waals surface area contributed by atoms with Crippen molar-refractivity contribution in [3.63, 3.8) is 0 Å². The third-order valence-corrected chi connectivity index (χ3v) is 5.54. The third kappa shape index (κ3) is 1.55. The Hall–Kier alpha value is -1.51. The standard InChI is InChI=1S/C17H22N2O/c1-16-12-17(9-5-2-6-10-17)15(20)19(16)11-13-7-3-4-8-14(13)18-16/h3-4,7-8,18H,2,5-6,9-12H2,1H3. The quantitative estimate of drug-likeness (QED) is 0.782. The van der Waals surface area contributed by atoms with Crippen molar-refractivity contribution in [2.24, 2.45) is 5.41 Å². The number of amides is 1. The minimum Gasteiger partial charge on any atom is -0.363 e. The van der Waals surface area contributed by atoms with E-state index in [4.69, 9.17) is 0 Å². The van der Waals surface area contributed by atoms with Gasteiger partial charge in [-0.15, -0.1) is 0 Å². The highest BCUT2D eigenvalue weighted by atomic mass is 16.2. The Morgan fingerprint density at radius 1 is 1.15 bits per heavy atom. The highest BCUT2D eigenvalue weighted by Gasteiger charge is 2.58. The number of hydrogen-bond donors (Lipinski definition) is 1. The SMILES string of the molecule is CC12CC3(CCCCC3)C(=O)N1Cc1ccccc1N2. The van der Waals surface area contributed by atoms with Crippen molar-refractivity contribution in [3.8, 4) is 0 Å². The van der Waals surface area contributed by atoms with Crippen LogP contribution in [-0.4, -0.2) is 16.5 Å². The monoisotopic (exact) mass is 270 g/mol. The predicted octanol–water partition coefficient (Wildman–Crippen LogP) is 3.51. The van der Waals surface area contributed by atoms with Gasteiger partial charge in [0, 0.05) is 18.7 Å². The summed E-state index contributed by atoms with van der Waals surface area (Å²) < 4.78 is 0. The number of fused-ring (bicyclic) bond motifs is 2. The first kappa shape index (κ1) is 12.2. The number of rotatable bonds is 0. The van der Waals surface area contributed by atoms with Crippen LogP contribution in [0.1, 0.15) is 51.0 Å². The molecule has 1 atom stereocenters. The van der Waals surface area contributed by atoms with Gasteiger partial charge in [0.05, 0.1) is 5.41 Å². The van der Waals surface area contributed by atoms with Crippen molar-refractivity contribution >= 4 is 11.6 Å². The molecule has 1 aromatic carbocycles. The Kier molecular flexibility index (Phi) is 2.45. The van der Waals surface area contributed by atoms with Gasteiger partial charge in [-0.05, 0) is 31.4 Å². The lowest BCUT2D eigenvalue weighted by molar-refractivity contribution is -0.139. The van der Waals surface area contributed by atoms with Crippen molar-refractivity contribution in [2.45, 2.75) is 57.7 Å². The summed E-state index contributed by atoms with van der Waals surface area (Å²) in [5, 5.41) is 3.64. The second-order valence-corrected chi connectivity index (χ2v) is 6.97. The van der Waals surface area contributed by atoms with E-state index < -0.39 is 0 Å². The number of hydrogen-bond acceptors (Lipinski definition) is 2. The fraction of sp³-hybridized carbons (Fsp3) is 0.588. The van der Waals surface area contributed by atoms with Gasteiger partial charge in [0.25, 0.3) is 0 Å². The van der Waals surface area contributed by atoms with E-state index in [1.54, 1.807) is 0 Å². The van der Waals surface area contributed by atoms with E-state index in [0.717, 1.165) is 25.8 Å². The fourth-order valence-corrected chi connectivity index (χ4v) is 4.56. The Labute approximate surface area is 120 Å². The largest absolute Gasteiger partial charge is 0.363 e. The number of carbonyl (C=O) groups is 1. The smallest absolute Gasteiger partial charge is 0.231 e. The molecule has 0 bridgehead atoms.